The fourth-order valence-corrected chi connectivity index (χ4v) is 4.61. The maximum Gasteiger partial charge on any atom is 0.159 e. The maximum absolute atomic E-state index is 11.5. The van der Waals surface area contributed by atoms with Gasteiger partial charge in [-0.15, -0.1) is 0 Å². The Morgan fingerprint density at radius 3 is 1.67 bits per heavy atom. The minimum absolute atomic E-state index is 0.0713. The fraction of sp³-hybridized carbons (Fsp3) is 0.222. The van der Waals surface area contributed by atoms with Gasteiger partial charge >= 0.3 is 0 Å². The highest BCUT2D eigenvalue weighted by Crippen LogP contribution is 2.29. The zero-order chi connectivity index (χ0) is 29.0. The zero-order valence-electron chi connectivity index (χ0n) is 23.8. The van der Waals surface area contributed by atoms with E-state index in [0.29, 0.717) is 31.2 Å². The molecule has 0 aliphatic carbocycles. The summed E-state index contributed by atoms with van der Waals surface area (Å²) in [5, 5.41) is 11.5. The lowest BCUT2D eigenvalue weighted by molar-refractivity contribution is -0.150. The minimum Gasteiger partial charge on any atom is -0.388 e. The van der Waals surface area contributed by atoms with E-state index in [0.717, 1.165) is 22.3 Å². The monoisotopic (exact) mass is 560 g/mol. The first-order chi connectivity index (χ1) is 20.7. The number of hydrogen-bond donors (Lipinski definition) is 1. The smallest absolute Gasteiger partial charge is 0.159 e. The van der Waals surface area contributed by atoms with Crippen LogP contribution in [0.4, 0.5) is 0 Å². The van der Waals surface area contributed by atoms with Crippen LogP contribution >= 0.6 is 0 Å². The number of aryl methyl sites for hydroxylation is 1. The summed E-state index contributed by atoms with van der Waals surface area (Å²) in [4.78, 5) is 9.31. The van der Waals surface area contributed by atoms with E-state index in [2.05, 4.69) is 9.97 Å². The molecule has 0 spiro atoms. The van der Waals surface area contributed by atoms with E-state index in [-0.39, 0.29) is 6.61 Å². The molecule has 0 fully saturated rings. The van der Waals surface area contributed by atoms with Crippen LogP contribution in [0.1, 0.15) is 33.9 Å². The van der Waals surface area contributed by atoms with Crippen LogP contribution in [0.3, 0.4) is 0 Å². The molecule has 1 heterocycles. The first-order valence-electron chi connectivity index (χ1n) is 14.2. The Hall–Kier alpha value is -4.20. The second-order valence-corrected chi connectivity index (χ2v) is 10.3. The molecule has 0 unspecified atom stereocenters. The van der Waals surface area contributed by atoms with Gasteiger partial charge in [0.1, 0.15) is 18.3 Å². The fourth-order valence-electron chi connectivity index (χ4n) is 4.61. The summed E-state index contributed by atoms with van der Waals surface area (Å²) in [5.41, 5.74) is 5.85. The molecule has 1 N–H and O–H groups in total. The Labute approximate surface area is 247 Å². The van der Waals surface area contributed by atoms with Gasteiger partial charge in [-0.3, -0.25) is 0 Å². The lowest BCUT2D eigenvalue weighted by atomic mass is 10.0. The van der Waals surface area contributed by atoms with Gasteiger partial charge < -0.3 is 19.3 Å². The Balaban J connectivity index is 1.40. The number of aliphatic hydroxyl groups is 1. The van der Waals surface area contributed by atoms with Gasteiger partial charge in [-0.1, -0.05) is 121 Å². The lowest BCUT2D eigenvalue weighted by Gasteiger charge is -2.31. The van der Waals surface area contributed by atoms with E-state index in [1.165, 1.54) is 5.56 Å². The zero-order valence-corrected chi connectivity index (χ0v) is 23.8. The third-order valence-corrected chi connectivity index (χ3v) is 6.95. The number of aliphatic hydroxyl groups excluding tert-OH is 1. The van der Waals surface area contributed by atoms with Crippen molar-refractivity contribution >= 4 is 0 Å². The van der Waals surface area contributed by atoms with Crippen molar-refractivity contribution in [3.05, 3.63) is 155 Å². The van der Waals surface area contributed by atoms with E-state index in [1.807, 2.05) is 122 Å². The third kappa shape index (κ3) is 8.41. The summed E-state index contributed by atoms with van der Waals surface area (Å²) in [7, 11) is 0. The molecular weight excluding hydrogens is 524 g/mol. The normalized spacial score (nSPS) is 13.4. The lowest BCUT2D eigenvalue weighted by Crippen LogP contribution is -2.39. The highest BCUT2D eigenvalue weighted by Gasteiger charge is 2.33. The van der Waals surface area contributed by atoms with Gasteiger partial charge in [-0.2, -0.15) is 0 Å². The molecule has 0 aliphatic heterocycles. The Morgan fingerprint density at radius 2 is 1.12 bits per heavy atom. The predicted octanol–water partition coefficient (Wildman–Crippen LogP) is 6.87. The van der Waals surface area contributed by atoms with Crippen LogP contribution in [0.2, 0.25) is 0 Å². The van der Waals surface area contributed by atoms with Gasteiger partial charge in [0.05, 0.1) is 26.4 Å². The molecule has 0 saturated carbocycles. The van der Waals surface area contributed by atoms with Gasteiger partial charge in [0, 0.05) is 23.5 Å². The molecule has 6 heteroatoms. The summed E-state index contributed by atoms with van der Waals surface area (Å²) in [5.74, 6) is 0.619. The summed E-state index contributed by atoms with van der Waals surface area (Å²) >= 11 is 0. The number of rotatable bonds is 14. The van der Waals surface area contributed by atoms with Crippen molar-refractivity contribution in [3.8, 4) is 11.4 Å². The van der Waals surface area contributed by atoms with Crippen LogP contribution in [0, 0.1) is 6.92 Å². The second-order valence-electron chi connectivity index (χ2n) is 10.3. The molecule has 4 aromatic carbocycles. The van der Waals surface area contributed by atoms with Crippen molar-refractivity contribution in [1.29, 1.82) is 0 Å². The van der Waals surface area contributed by atoms with Crippen molar-refractivity contribution in [3.63, 3.8) is 0 Å². The number of nitrogens with zero attached hydrogens (tertiary/aromatic N) is 2. The van der Waals surface area contributed by atoms with Gasteiger partial charge in [0.25, 0.3) is 0 Å². The second kappa shape index (κ2) is 15.1. The molecule has 6 nitrogen and oxygen atoms in total. The van der Waals surface area contributed by atoms with Crippen molar-refractivity contribution in [1.82, 2.24) is 9.97 Å². The van der Waals surface area contributed by atoms with Crippen molar-refractivity contribution in [2.75, 3.05) is 6.61 Å². The number of benzene rings is 4. The summed E-state index contributed by atoms with van der Waals surface area (Å²) in [6.45, 7) is 3.13. The van der Waals surface area contributed by atoms with E-state index in [4.69, 9.17) is 14.2 Å². The van der Waals surface area contributed by atoms with E-state index < -0.39 is 18.3 Å². The quantitative estimate of drug-likeness (QED) is 0.160. The average Bonchev–Trinajstić information content (AvgIpc) is 3.04. The largest absolute Gasteiger partial charge is 0.388 e. The van der Waals surface area contributed by atoms with Crippen LogP contribution in [0.5, 0.6) is 0 Å². The molecule has 0 radical (unpaired) electrons. The summed E-state index contributed by atoms with van der Waals surface area (Å²) in [6, 6.07) is 37.8. The number of hydrogen-bond acceptors (Lipinski definition) is 6. The first-order valence-corrected chi connectivity index (χ1v) is 14.2. The molecule has 214 valence electrons. The Morgan fingerprint density at radius 1 is 0.619 bits per heavy atom. The molecule has 5 rings (SSSR count). The third-order valence-electron chi connectivity index (χ3n) is 6.95. The SMILES string of the molecule is Cc1ccc(-c2ncc([C@@H](OCc3ccccc3)[C@H](OCc3ccccc3)[C@H](O)COCc3ccccc3)cn2)cc1. The maximum atomic E-state index is 11.5. The average molecular weight is 561 g/mol. The van der Waals surface area contributed by atoms with Crippen LogP contribution < -0.4 is 0 Å². The summed E-state index contributed by atoms with van der Waals surface area (Å²) in [6.07, 6.45) is 1.13. The molecule has 1 aromatic heterocycles. The van der Waals surface area contributed by atoms with E-state index in [1.54, 1.807) is 12.4 Å². The molecule has 0 bridgehead atoms. The van der Waals surface area contributed by atoms with Crippen molar-refractivity contribution < 1.29 is 19.3 Å². The predicted molar refractivity (Wildman–Crippen MR) is 163 cm³/mol. The van der Waals surface area contributed by atoms with Gasteiger partial charge in [0.2, 0.25) is 0 Å². The van der Waals surface area contributed by atoms with Gasteiger partial charge in [0.15, 0.2) is 5.82 Å². The van der Waals surface area contributed by atoms with Gasteiger partial charge in [-0.25, -0.2) is 9.97 Å². The highest BCUT2D eigenvalue weighted by atomic mass is 16.6. The van der Waals surface area contributed by atoms with Crippen molar-refractivity contribution in [2.45, 2.75) is 45.1 Å². The Kier molecular flexibility index (Phi) is 10.6. The highest BCUT2D eigenvalue weighted by molar-refractivity contribution is 5.55. The van der Waals surface area contributed by atoms with E-state index in [9.17, 15) is 5.11 Å². The standard InChI is InChI=1S/C36H36N2O4/c1-27-17-19-31(20-18-27)36-37-21-32(22-38-36)34(41-24-29-13-7-3-8-14-29)35(42-25-30-15-9-4-10-16-30)33(39)26-40-23-28-11-5-2-6-12-28/h2-22,33-35,39H,23-26H2,1H3/t33-,34-,35-/m1/s1. The van der Waals surface area contributed by atoms with Crippen LogP contribution in [0.15, 0.2) is 128 Å². The minimum atomic E-state index is -0.977. The molecule has 42 heavy (non-hydrogen) atoms. The summed E-state index contributed by atoms with van der Waals surface area (Å²) < 4.78 is 18.8. The molecule has 3 atom stereocenters. The van der Waals surface area contributed by atoms with Crippen LogP contribution in [-0.4, -0.2) is 33.9 Å². The Bertz CT molecular complexity index is 1460. The van der Waals surface area contributed by atoms with Crippen LogP contribution in [-0.2, 0) is 34.0 Å². The first kappa shape index (κ1) is 29.3. The van der Waals surface area contributed by atoms with Crippen LogP contribution in [0.25, 0.3) is 11.4 Å². The number of ether oxygens (including phenoxy) is 3. The molecular formula is C36H36N2O4. The van der Waals surface area contributed by atoms with Gasteiger partial charge in [-0.05, 0) is 23.6 Å². The number of aromatic nitrogens is 2. The molecule has 5 aromatic rings. The van der Waals surface area contributed by atoms with E-state index >= 15 is 0 Å². The topological polar surface area (TPSA) is 73.7 Å². The molecule has 0 saturated heterocycles. The molecule has 0 amide bonds. The molecule has 0 aliphatic rings. The van der Waals surface area contributed by atoms with Crippen molar-refractivity contribution in [2.24, 2.45) is 0 Å².